The fraction of sp³-hybridized carbons (Fsp3) is 0. The highest BCUT2D eigenvalue weighted by Crippen LogP contribution is 2.26. The zero-order valence-electron chi connectivity index (χ0n) is 8.55. The van der Waals surface area contributed by atoms with Crippen LogP contribution in [0.4, 0.5) is 26.0 Å². The second-order valence-electron chi connectivity index (χ2n) is 3.35. The fourth-order valence-corrected chi connectivity index (χ4v) is 1.73. The molecule has 0 spiro atoms. The van der Waals surface area contributed by atoms with Gasteiger partial charge in [-0.2, -0.15) is 0 Å². The summed E-state index contributed by atoms with van der Waals surface area (Å²) in [6.45, 7) is 0. The third kappa shape index (κ3) is 2.71. The summed E-state index contributed by atoms with van der Waals surface area (Å²) in [6.07, 6.45) is 1.42. The van der Waals surface area contributed by atoms with Gasteiger partial charge in [0.25, 0.3) is 0 Å². The first kappa shape index (κ1) is 11.8. The summed E-state index contributed by atoms with van der Waals surface area (Å²) in [5.41, 5.74) is 6.01. The van der Waals surface area contributed by atoms with E-state index in [1.54, 1.807) is 6.07 Å². The fourth-order valence-electron chi connectivity index (χ4n) is 1.27. The van der Waals surface area contributed by atoms with Gasteiger partial charge in [0.1, 0.15) is 17.5 Å². The number of benzene rings is 1. The maximum Gasteiger partial charge on any atom is 0.146 e. The van der Waals surface area contributed by atoms with Crippen LogP contribution in [0.3, 0.4) is 0 Å². The molecule has 0 atom stereocenters. The molecule has 0 fully saturated rings. The van der Waals surface area contributed by atoms with Crippen molar-refractivity contribution < 1.29 is 8.78 Å². The predicted octanol–water partition coefficient (Wildman–Crippen LogP) is 3.45. The number of rotatable bonds is 2. The van der Waals surface area contributed by atoms with E-state index < -0.39 is 11.6 Å². The van der Waals surface area contributed by atoms with E-state index in [1.807, 2.05) is 0 Å². The van der Waals surface area contributed by atoms with Crippen molar-refractivity contribution in [3.05, 3.63) is 46.6 Å². The Hall–Kier alpha value is -1.69. The monoisotopic (exact) mass is 299 g/mol. The van der Waals surface area contributed by atoms with Gasteiger partial charge in [-0.3, -0.25) is 0 Å². The standard InChI is InChI=1S/C11H8BrF2N3/c12-8-4-7(15)5-16-11(8)17-10-3-6(13)1-2-9(10)14/h1-5H,15H2,(H,16,17). The van der Waals surface area contributed by atoms with Crippen molar-refractivity contribution in [3.8, 4) is 0 Å². The van der Waals surface area contributed by atoms with Gasteiger partial charge in [0.2, 0.25) is 0 Å². The van der Waals surface area contributed by atoms with Gasteiger partial charge in [-0.05, 0) is 34.1 Å². The number of nitrogen functional groups attached to an aromatic ring is 1. The largest absolute Gasteiger partial charge is 0.397 e. The van der Waals surface area contributed by atoms with E-state index in [4.69, 9.17) is 5.73 Å². The Morgan fingerprint density at radius 1 is 1.24 bits per heavy atom. The molecule has 0 amide bonds. The van der Waals surface area contributed by atoms with Crippen LogP contribution < -0.4 is 11.1 Å². The minimum atomic E-state index is -0.558. The molecular weight excluding hydrogens is 292 g/mol. The highest BCUT2D eigenvalue weighted by molar-refractivity contribution is 9.10. The predicted molar refractivity (Wildman–Crippen MR) is 66.0 cm³/mol. The van der Waals surface area contributed by atoms with Crippen molar-refractivity contribution >= 4 is 33.1 Å². The molecule has 0 saturated carbocycles. The minimum Gasteiger partial charge on any atom is -0.397 e. The summed E-state index contributed by atoms with van der Waals surface area (Å²) in [7, 11) is 0. The lowest BCUT2D eigenvalue weighted by molar-refractivity contribution is 0.603. The Bertz CT molecular complexity index is 560. The maximum atomic E-state index is 13.4. The number of nitrogens with zero attached hydrogens (tertiary/aromatic N) is 1. The van der Waals surface area contributed by atoms with E-state index in [-0.39, 0.29) is 5.69 Å². The Labute approximate surface area is 105 Å². The molecule has 0 unspecified atom stereocenters. The lowest BCUT2D eigenvalue weighted by atomic mass is 10.3. The van der Waals surface area contributed by atoms with Crippen LogP contribution in [0.1, 0.15) is 0 Å². The van der Waals surface area contributed by atoms with Gasteiger partial charge in [-0.25, -0.2) is 13.8 Å². The van der Waals surface area contributed by atoms with Crippen molar-refractivity contribution in [2.75, 3.05) is 11.1 Å². The SMILES string of the molecule is Nc1cnc(Nc2cc(F)ccc2F)c(Br)c1. The maximum absolute atomic E-state index is 13.4. The van der Waals surface area contributed by atoms with Crippen LogP contribution in [0.5, 0.6) is 0 Å². The second kappa shape index (κ2) is 4.67. The normalized spacial score (nSPS) is 10.3. The molecule has 17 heavy (non-hydrogen) atoms. The van der Waals surface area contributed by atoms with Crippen LogP contribution in [-0.2, 0) is 0 Å². The molecule has 0 aliphatic rings. The van der Waals surface area contributed by atoms with Gasteiger partial charge in [0.15, 0.2) is 0 Å². The van der Waals surface area contributed by atoms with Crippen LogP contribution in [0.25, 0.3) is 0 Å². The molecule has 3 nitrogen and oxygen atoms in total. The van der Waals surface area contributed by atoms with Crippen LogP contribution in [-0.4, -0.2) is 4.98 Å². The molecule has 0 radical (unpaired) electrons. The van der Waals surface area contributed by atoms with Crippen molar-refractivity contribution in [3.63, 3.8) is 0 Å². The summed E-state index contributed by atoms with van der Waals surface area (Å²) >= 11 is 3.23. The van der Waals surface area contributed by atoms with Gasteiger partial charge in [0, 0.05) is 6.07 Å². The minimum absolute atomic E-state index is 0.0166. The molecular formula is C11H8BrF2N3. The van der Waals surface area contributed by atoms with Crippen LogP contribution >= 0.6 is 15.9 Å². The van der Waals surface area contributed by atoms with Crippen LogP contribution in [0.15, 0.2) is 34.9 Å². The summed E-state index contributed by atoms with van der Waals surface area (Å²) in [5, 5.41) is 2.68. The first-order chi connectivity index (χ1) is 8.06. The van der Waals surface area contributed by atoms with E-state index in [9.17, 15) is 8.78 Å². The molecule has 3 N–H and O–H groups in total. The average Bonchev–Trinajstić information content (AvgIpc) is 2.27. The Kier molecular flexibility index (Phi) is 3.23. The van der Waals surface area contributed by atoms with Crippen molar-refractivity contribution in [1.29, 1.82) is 0 Å². The molecule has 2 aromatic rings. The Morgan fingerprint density at radius 3 is 2.71 bits per heavy atom. The molecule has 0 aliphatic carbocycles. The molecule has 0 aliphatic heterocycles. The molecule has 1 aromatic carbocycles. The van der Waals surface area contributed by atoms with Gasteiger partial charge in [-0.1, -0.05) is 0 Å². The zero-order chi connectivity index (χ0) is 12.4. The summed E-state index contributed by atoms with van der Waals surface area (Å²) in [6, 6.07) is 4.77. The number of aromatic nitrogens is 1. The number of nitrogens with one attached hydrogen (secondary N) is 1. The zero-order valence-corrected chi connectivity index (χ0v) is 10.1. The average molecular weight is 300 g/mol. The number of anilines is 3. The van der Waals surface area contributed by atoms with Crippen molar-refractivity contribution in [1.82, 2.24) is 4.98 Å². The molecule has 0 saturated heterocycles. The quantitative estimate of drug-likeness (QED) is 0.893. The van der Waals surface area contributed by atoms with Gasteiger partial charge < -0.3 is 11.1 Å². The summed E-state index contributed by atoms with van der Waals surface area (Å²) in [5.74, 6) is -0.721. The number of hydrogen-bond donors (Lipinski definition) is 2. The first-order valence-electron chi connectivity index (χ1n) is 4.69. The van der Waals surface area contributed by atoms with Crippen molar-refractivity contribution in [2.45, 2.75) is 0 Å². The van der Waals surface area contributed by atoms with Crippen LogP contribution in [0.2, 0.25) is 0 Å². The van der Waals surface area contributed by atoms with E-state index in [0.717, 1.165) is 18.2 Å². The molecule has 88 valence electrons. The molecule has 2 rings (SSSR count). The summed E-state index contributed by atoms with van der Waals surface area (Å²) in [4.78, 5) is 3.97. The van der Waals surface area contributed by atoms with Gasteiger partial charge >= 0.3 is 0 Å². The van der Waals surface area contributed by atoms with Crippen molar-refractivity contribution in [2.24, 2.45) is 0 Å². The van der Waals surface area contributed by atoms with Crippen LogP contribution in [0, 0.1) is 11.6 Å². The van der Waals surface area contributed by atoms with E-state index >= 15 is 0 Å². The second-order valence-corrected chi connectivity index (χ2v) is 4.20. The van der Waals surface area contributed by atoms with Gasteiger partial charge in [-0.15, -0.1) is 0 Å². The van der Waals surface area contributed by atoms with E-state index in [2.05, 4.69) is 26.2 Å². The van der Waals surface area contributed by atoms with Gasteiger partial charge in [0.05, 0.1) is 22.0 Å². The smallest absolute Gasteiger partial charge is 0.146 e. The number of pyridine rings is 1. The lowest BCUT2D eigenvalue weighted by Crippen LogP contribution is -1.99. The lowest BCUT2D eigenvalue weighted by Gasteiger charge is -2.08. The molecule has 1 aromatic heterocycles. The molecule has 1 heterocycles. The molecule has 0 bridgehead atoms. The Balaban J connectivity index is 2.34. The third-order valence-corrected chi connectivity index (χ3v) is 2.65. The van der Waals surface area contributed by atoms with E-state index in [0.29, 0.717) is 16.0 Å². The Morgan fingerprint density at radius 2 is 2.00 bits per heavy atom. The van der Waals surface area contributed by atoms with E-state index in [1.165, 1.54) is 6.20 Å². The summed E-state index contributed by atoms with van der Waals surface area (Å²) < 4.78 is 26.9. The highest BCUT2D eigenvalue weighted by atomic mass is 79.9. The first-order valence-corrected chi connectivity index (χ1v) is 5.48. The number of halogens is 3. The third-order valence-electron chi connectivity index (χ3n) is 2.04. The number of nitrogens with two attached hydrogens (primary N) is 1. The molecule has 6 heteroatoms. The topological polar surface area (TPSA) is 50.9 Å². The number of hydrogen-bond acceptors (Lipinski definition) is 3. The highest BCUT2D eigenvalue weighted by Gasteiger charge is 2.07.